The number of methoxy groups -OCH3 is 1. The van der Waals surface area contributed by atoms with E-state index < -0.39 is 0 Å². The summed E-state index contributed by atoms with van der Waals surface area (Å²) >= 11 is 1.48. The van der Waals surface area contributed by atoms with Gasteiger partial charge in [0.25, 0.3) is 11.5 Å². The molecule has 0 fully saturated rings. The largest absolute Gasteiger partial charge is 0.496 e. The molecule has 7 heteroatoms. The zero-order valence-corrected chi connectivity index (χ0v) is 19.1. The maximum absolute atomic E-state index is 12.6. The minimum atomic E-state index is -0.239. The standard InChI is InChI=1S/C26H23N3O3S/c1-18-7-13-22(14-8-18)33-24-15-16-25(30)29(28-24)21-11-9-19(10-12-21)26(31)27-17-20-5-3-4-6-23(20)32-2/h3-16H,17H2,1-2H3,(H,27,31). The lowest BCUT2D eigenvalue weighted by Gasteiger charge is -2.10. The Hall–Kier alpha value is -3.84. The predicted molar refractivity (Wildman–Crippen MR) is 129 cm³/mol. The van der Waals surface area contributed by atoms with Gasteiger partial charge in [-0.05, 0) is 55.5 Å². The van der Waals surface area contributed by atoms with Gasteiger partial charge in [-0.15, -0.1) is 0 Å². The lowest BCUT2D eigenvalue weighted by molar-refractivity contribution is 0.0950. The Balaban J connectivity index is 1.47. The van der Waals surface area contributed by atoms with Crippen LogP contribution in [0.1, 0.15) is 21.5 Å². The lowest BCUT2D eigenvalue weighted by atomic mass is 10.1. The molecule has 4 aromatic rings. The van der Waals surface area contributed by atoms with Crippen molar-refractivity contribution < 1.29 is 9.53 Å². The second-order valence-electron chi connectivity index (χ2n) is 7.38. The van der Waals surface area contributed by atoms with E-state index in [0.29, 0.717) is 22.8 Å². The van der Waals surface area contributed by atoms with Gasteiger partial charge >= 0.3 is 0 Å². The zero-order valence-electron chi connectivity index (χ0n) is 18.3. The number of hydrogen-bond donors (Lipinski definition) is 1. The minimum Gasteiger partial charge on any atom is -0.496 e. The number of amides is 1. The third-order valence-electron chi connectivity index (χ3n) is 5.03. The Morgan fingerprint density at radius 3 is 2.42 bits per heavy atom. The molecule has 3 aromatic carbocycles. The summed E-state index contributed by atoms with van der Waals surface area (Å²) in [6, 6.07) is 25.7. The summed E-state index contributed by atoms with van der Waals surface area (Å²) in [5, 5.41) is 8.08. The molecule has 1 heterocycles. The maximum Gasteiger partial charge on any atom is 0.271 e. The molecule has 33 heavy (non-hydrogen) atoms. The molecule has 166 valence electrons. The molecule has 0 spiro atoms. The van der Waals surface area contributed by atoms with Crippen LogP contribution in [0.15, 0.2) is 99.6 Å². The van der Waals surface area contributed by atoms with Gasteiger partial charge in [0, 0.05) is 28.6 Å². The average Bonchev–Trinajstić information content (AvgIpc) is 2.85. The van der Waals surface area contributed by atoms with E-state index in [2.05, 4.69) is 10.4 Å². The summed E-state index contributed by atoms with van der Waals surface area (Å²) in [6.45, 7) is 2.39. The molecule has 0 aliphatic carbocycles. The Morgan fingerprint density at radius 2 is 1.70 bits per heavy atom. The molecule has 0 unspecified atom stereocenters. The van der Waals surface area contributed by atoms with E-state index in [1.54, 1.807) is 37.4 Å². The quantitative estimate of drug-likeness (QED) is 0.438. The first-order chi connectivity index (χ1) is 16.0. The fourth-order valence-electron chi connectivity index (χ4n) is 3.24. The van der Waals surface area contributed by atoms with Crippen LogP contribution in [-0.4, -0.2) is 22.8 Å². The number of carbonyl (C=O) groups excluding carboxylic acids is 1. The highest BCUT2D eigenvalue weighted by Gasteiger charge is 2.10. The molecular weight excluding hydrogens is 434 g/mol. The number of hydrogen-bond acceptors (Lipinski definition) is 5. The van der Waals surface area contributed by atoms with E-state index in [1.807, 2.05) is 55.5 Å². The zero-order chi connectivity index (χ0) is 23.2. The van der Waals surface area contributed by atoms with Crippen molar-refractivity contribution in [2.24, 2.45) is 0 Å². The normalized spacial score (nSPS) is 10.6. The van der Waals surface area contributed by atoms with Crippen LogP contribution in [0.2, 0.25) is 0 Å². The van der Waals surface area contributed by atoms with Gasteiger partial charge in [-0.3, -0.25) is 9.59 Å². The first kappa shape index (κ1) is 22.4. The molecule has 1 aromatic heterocycles. The van der Waals surface area contributed by atoms with E-state index in [-0.39, 0.29) is 11.5 Å². The molecule has 6 nitrogen and oxygen atoms in total. The van der Waals surface area contributed by atoms with E-state index in [1.165, 1.54) is 28.1 Å². The average molecular weight is 458 g/mol. The fourth-order valence-corrected chi connectivity index (χ4v) is 4.01. The van der Waals surface area contributed by atoms with Gasteiger partial charge < -0.3 is 10.1 Å². The molecule has 0 aliphatic heterocycles. The van der Waals surface area contributed by atoms with Crippen molar-refractivity contribution in [2.75, 3.05) is 7.11 Å². The van der Waals surface area contributed by atoms with Crippen molar-refractivity contribution in [1.82, 2.24) is 15.1 Å². The van der Waals surface area contributed by atoms with Gasteiger partial charge in [-0.2, -0.15) is 9.78 Å². The van der Waals surface area contributed by atoms with Gasteiger partial charge in [0.2, 0.25) is 0 Å². The summed E-state index contributed by atoms with van der Waals surface area (Å²) < 4.78 is 6.66. The number of aryl methyl sites for hydroxylation is 1. The summed E-state index contributed by atoms with van der Waals surface area (Å²) in [6.07, 6.45) is 0. The smallest absolute Gasteiger partial charge is 0.271 e. The van der Waals surface area contributed by atoms with Crippen molar-refractivity contribution >= 4 is 17.7 Å². The SMILES string of the molecule is COc1ccccc1CNC(=O)c1ccc(-n2nc(Sc3ccc(C)cc3)ccc2=O)cc1. The molecule has 1 amide bonds. The summed E-state index contributed by atoms with van der Waals surface area (Å²) in [4.78, 5) is 26.0. The Bertz CT molecular complexity index is 1320. The third-order valence-corrected chi connectivity index (χ3v) is 5.96. The molecule has 0 atom stereocenters. The molecule has 0 saturated carbocycles. The van der Waals surface area contributed by atoms with E-state index in [4.69, 9.17) is 4.74 Å². The molecule has 1 N–H and O–H groups in total. The first-order valence-electron chi connectivity index (χ1n) is 10.4. The van der Waals surface area contributed by atoms with Crippen LogP contribution in [-0.2, 0) is 6.54 Å². The number of ether oxygens (including phenoxy) is 1. The number of nitrogens with one attached hydrogen (secondary N) is 1. The lowest BCUT2D eigenvalue weighted by Crippen LogP contribution is -2.23. The Morgan fingerprint density at radius 1 is 0.970 bits per heavy atom. The highest BCUT2D eigenvalue weighted by molar-refractivity contribution is 7.99. The third kappa shape index (κ3) is 5.51. The van der Waals surface area contributed by atoms with Gasteiger partial charge in [0.05, 0.1) is 12.8 Å². The van der Waals surface area contributed by atoms with Crippen LogP contribution in [0.3, 0.4) is 0 Å². The first-order valence-corrected chi connectivity index (χ1v) is 11.2. The van der Waals surface area contributed by atoms with Crippen molar-refractivity contribution in [3.05, 3.63) is 112 Å². The molecule has 0 bridgehead atoms. The highest BCUT2D eigenvalue weighted by atomic mass is 32.2. The summed E-state index contributed by atoms with van der Waals surface area (Å²) in [5.41, 5.74) is 2.92. The van der Waals surface area contributed by atoms with Crippen LogP contribution in [0.4, 0.5) is 0 Å². The fraction of sp³-hybridized carbons (Fsp3) is 0.115. The minimum absolute atomic E-state index is 0.212. The van der Waals surface area contributed by atoms with Gasteiger partial charge in [-0.25, -0.2) is 0 Å². The molecule has 0 radical (unpaired) electrons. The molecule has 0 aliphatic rings. The van der Waals surface area contributed by atoms with E-state index in [0.717, 1.165) is 16.2 Å². The second kappa shape index (κ2) is 10.2. The van der Waals surface area contributed by atoms with E-state index in [9.17, 15) is 9.59 Å². The van der Waals surface area contributed by atoms with Gasteiger partial charge in [0.15, 0.2) is 0 Å². The number of para-hydroxylation sites is 1. The van der Waals surface area contributed by atoms with Crippen LogP contribution < -0.4 is 15.6 Å². The Labute approximate surface area is 196 Å². The van der Waals surface area contributed by atoms with Crippen LogP contribution in [0.25, 0.3) is 5.69 Å². The summed E-state index contributed by atoms with van der Waals surface area (Å²) in [5.74, 6) is 0.512. The number of rotatable bonds is 7. The number of carbonyl (C=O) groups is 1. The molecular formula is C26H23N3O3S. The van der Waals surface area contributed by atoms with Crippen LogP contribution >= 0.6 is 11.8 Å². The van der Waals surface area contributed by atoms with Crippen molar-refractivity contribution in [3.8, 4) is 11.4 Å². The molecule has 4 rings (SSSR count). The second-order valence-corrected chi connectivity index (χ2v) is 8.47. The van der Waals surface area contributed by atoms with Crippen molar-refractivity contribution in [2.45, 2.75) is 23.4 Å². The highest BCUT2D eigenvalue weighted by Crippen LogP contribution is 2.25. The molecule has 0 saturated heterocycles. The monoisotopic (exact) mass is 457 g/mol. The maximum atomic E-state index is 12.6. The van der Waals surface area contributed by atoms with Crippen LogP contribution in [0.5, 0.6) is 5.75 Å². The van der Waals surface area contributed by atoms with Crippen molar-refractivity contribution in [3.63, 3.8) is 0 Å². The van der Waals surface area contributed by atoms with Crippen LogP contribution in [0, 0.1) is 6.92 Å². The van der Waals surface area contributed by atoms with Crippen molar-refractivity contribution in [1.29, 1.82) is 0 Å². The number of nitrogens with zero attached hydrogens (tertiary/aromatic N) is 2. The Kier molecular flexibility index (Phi) is 6.90. The predicted octanol–water partition coefficient (Wildman–Crippen LogP) is 4.63. The number of aromatic nitrogens is 2. The van der Waals surface area contributed by atoms with E-state index >= 15 is 0 Å². The summed E-state index contributed by atoms with van der Waals surface area (Å²) in [7, 11) is 1.60. The number of benzene rings is 3. The van der Waals surface area contributed by atoms with Gasteiger partial charge in [-0.1, -0.05) is 47.7 Å². The topological polar surface area (TPSA) is 73.2 Å². The van der Waals surface area contributed by atoms with Gasteiger partial charge in [0.1, 0.15) is 10.8 Å².